The average molecular weight is 413 g/mol. The smallest absolute Gasteiger partial charge is 0.337 e. The second-order valence-electron chi connectivity index (χ2n) is 7.66. The normalized spacial score (nSPS) is 20.9. The van der Waals surface area contributed by atoms with Crippen molar-refractivity contribution in [1.29, 1.82) is 0 Å². The van der Waals surface area contributed by atoms with Crippen LogP contribution >= 0.6 is 11.3 Å². The Bertz CT molecular complexity index is 979. The number of likely N-dealkylation sites (tertiary alicyclic amines) is 1. The first-order valence-corrected chi connectivity index (χ1v) is 10.5. The molecule has 1 amide bonds. The van der Waals surface area contributed by atoms with E-state index in [4.69, 9.17) is 0 Å². The van der Waals surface area contributed by atoms with Crippen LogP contribution in [0.1, 0.15) is 53.2 Å². The molecule has 0 aromatic carbocycles. The number of aryl methyl sites for hydroxylation is 2. The van der Waals surface area contributed by atoms with E-state index in [1.807, 2.05) is 0 Å². The minimum atomic E-state index is -4.30. The van der Waals surface area contributed by atoms with Gasteiger partial charge in [0, 0.05) is 26.1 Å². The van der Waals surface area contributed by atoms with Gasteiger partial charge < -0.3 is 4.90 Å². The number of alkyl halides is 3. The largest absolute Gasteiger partial charge is 0.393 e. The monoisotopic (exact) mass is 413 g/mol. The summed E-state index contributed by atoms with van der Waals surface area (Å²) in [5.74, 6) is -1.17. The number of thiophene rings is 1. The maximum absolute atomic E-state index is 13.1. The van der Waals surface area contributed by atoms with Crippen molar-refractivity contribution in [2.24, 2.45) is 5.92 Å². The average Bonchev–Trinajstić information content (AvgIpc) is 2.82. The molecule has 0 N–H and O–H groups in total. The first kappa shape index (κ1) is 19.4. The molecule has 1 saturated heterocycles. The molecule has 2 aliphatic heterocycles. The van der Waals surface area contributed by atoms with Gasteiger partial charge in [-0.1, -0.05) is 6.42 Å². The molecule has 1 fully saturated rings. The molecule has 0 aliphatic carbocycles. The summed E-state index contributed by atoms with van der Waals surface area (Å²) in [6.07, 6.45) is -0.253. The van der Waals surface area contributed by atoms with Gasteiger partial charge in [0.1, 0.15) is 10.7 Å². The first-order chi connectivity index (χ1) is 13.3. The van der Waals surface area contributed by atoms with Crippen LogP contribution in [0.5, 0.6) is 0 Å². The van der Waals surface area contributed by atoms with Crippen molar-refractivity contribution >= 4 is 27.5 Å². The van der Waals surface area contributed by atoms with Crippen LogP contribution in [0.15, 0.2) is 4.79 Å². The maximum atomic E-state index is 13.1. The molecule has 0 unspecified atom stereocenters. The molecule has 4 rings (SSSR count). The van der Waals surface area contributed by atoms with Crippen LogP contribution in [0, 0.1) is 12.8 Å². The minimum absolute atomic E-state index is 0.0499. The number of hydrogen-bond acceptors (Lipinski definition) is 4. The van der Waals surface area contributed by atoms with Gasteiger partial charge in [-0.25, -0.2) is 4.98 Å². The Morgan fingerprint density at radius 3 is 2.71 bits per heavy atom. The molecule has 2 aliphatic rings. The van der Waals surface area contributed by atoms with Crippen LogP contribution in [0.2, 0.25) is 0 Å². The highest BCUT2D eigenvalue weighted by Gasteiger charge is 2.43. The third kappa shape index (κ3) is 3.33. The Hall–Kier alpha value is -1.90. The molecule has 152 valence electrons. The molecule has 9 heteroatoms. The highest BCUT2D eigenvalue weighted by atomic mass is 32.1. The molecule has 0 bridgehead atoms. The molecule has 0 spiro atoms. The lowest BCUT2D eigenvalue weighted by Gasteiger charge is -2.33. The standard InChI is InChI=1S/C19H22F3N3O2S/c1-11-14-16(23-13-7-3-2-4-9-25(13)17(14)26)28-15(11)18(27)24-8-5-6-12(10-24)19(20,21)22/h12H,2-10H2,1H3/t12-/m0/s1. The van der Waals surface area contributed by atoms with Gasteiger partial charge in [-0.2, -0.15) is 13.2 Å². The number of hydrogen-bond donors (Lipinski definition) is 0. The van der Waals surface area contributed by atoms with Gasteiger partial charge in [0.25, 0.3) is 11.5 Å². The summed E-state index contributed by atoms with van der Waals surface area (Å²) in [4.78, 5) is 32.7. The van der Waals surface area contributed by atoms with Gasteiger partial charge >= 0.3 is 6.18 Å². The van der Waals surface area contributed by atoms with E-state index in [2.05, 4.69) is 4.98 Å². The van der Waals surface area contributed by atoms with Crippen molar-refractivity contribution in [2.45, 2.75) is 58.2 Å². The van der Waals surface area contributed by atoms with E-state index in [0.29, 0.717) is 40.2 Å². The van der Waals surface area contributed by atoms with Gasteiger partial charge in [0.05, 0.1) is 16.2 Å². The summed E-state index contributed by atoms with van der Waals surface area (Å²) < 4.78 is 41.0. The summed E-state index contributed by atoms with van der Waals surface area (Å²) in [5.41, 5.74) is 0.401. The Balaban J connectivity index is 1.71. The second kappa shape index (κ2) is 7.17. The lowest BCUT2D eigenvalue weighted by atomic mass is 9.97. The Morgan fingerprint density at radius 1 is 1.18 bits per heavy atom. The van der Waals surface area contributed by atoms with Gasteiger partial charge in [-0.05, 0) is 38.2 Å². The molecule has 2 aromatic rings. The lowest BCUT2D eigenvalue weighted by molar-refractivity contribution is -0.184. The van der Waals surface area contributed by atoms with Crippen molar-refractivity contribution in [1.82, 2.24) is 14.5 Å². The van der Waals surface area contributed by atoms with E-state index in [0.717, 1.165) is 42.8 Å². The number of carbonyl (C=O) groups is 1. The van der Waals surface area contributed by atoms with Crippen molar-refractivity contribution < 1.29 is 18.0 Å². The van der Waals surface area contributed by atoms with E-state index >= 15 is 0 Å². The van der Waals surface area contributed by atoms with E-state index in [-0.39, 0.29) is 18.5 Å². The fourth-order valence-corrected chi connectivity index (χ4v) is 5.34. The third-order valence-electron chi connectivity index (χ3n) is 5.78. The second-order valence-corrected chi connectivity index (χ2v) is 8.66. The number of rotatable bonds is 1. The van der Waals surface area contributed by atoms with Crippen molar-refractivity contribution in [3.05, 3.63) is 26.6 Å². The zero-order chi connectivity index (χ0) is 20.1. The summed E-state index contributed by atoms with van der Waals surface area (Å²) >= 11 is 1.13. The SMILES string of the molecule is Cc1c(C(=O)N2CCC[C@H](C(F)(F)F)C2)sc2nc3n(c(=O)c12)CCCCC3. The molecule has 2 aromatic heterocycles. The van der Waals surface area contributed by atoms with E-state index in [1.165, 1.54) is 4.90 Å². The molecule has 0 saturated carbocycles. The highest BCUT2D eigenvalue weighted by molar-refractivity contribution is 7.20. The summed E-state index contributed by atoms with van der Waals surface area (Å²) in [7, 11) is 0. The van der Waals surface area contributed by atoms with Crippen LogP contribution in [0.4, 0.5) is 13.2 Å². The summed E-state index contributed by atoms with van der Waals surface area (Å²) in [6.45, 7) is 2.31. The number of piperidine rings is 1. The predicted molar refractivity (Wildman–Crippen MR) is 101 cm³/mol. The summed E-state index contributed by atoms with van der Waals surface area (Å²) in [6, 6.07) is 0. The molecular formula is C19H22F3N3O2S. The fraction of sp³-hybridized carbons (Fsp3) is 0.632. The van der Waals surface area contributed by atoms with E-state index in [1.54, 1.807) is 11.5 Å². The number of amides is 1. The first-order valence-electron chi connectivity index (χ1n) is 9.66. The van der Waals surface area contributed by atoms with Crippen LogP contribution in [-0.2, 0) is 13.0 Å². The Kier molecular flexibility index (Phi) is 4.97. The van der Waals surface area contributed by atoms with Gasteiger partial charge in [-0.3, -0.25) is 14.2 Å². The Labute approximate surface area is 164 Å². The molecular weight excluding hydrogens is 391 g/mol. The predicted octanol–water partition coefficient (Wildman–Crippen LogP) is 3.91. The van der Waals surface area contributed by atoms with Crippen LogP contribution in [-0.4, -0.2) is 39.6 Å². The van der Waals surface area contributed by atoms with E-state index in [9.17, 15) is 22.8 Å². The summed E-state index contributed by atoms with van der Waals surface area (Å²) in [5, 5.41) is 0.434. The zero-order valence-corrected chi connectivity index (χ0v) is 16.5. The molecule has 1 atom stereocenters. The van der Waals surface area contributed by atoms with Crippen LogP contribution in [0.3, 0.4) is 0 Å². The van der Waals surface area contributed by atoms with Crippen molar-refractivity contribution in [3.8, 4) is 0 Å². The number of carbonyl (C=O) groups excluding carboxylic acids is 1. The van der Waals surface area contributed by atoms with Crippen LogP contribution < -0.4 is 5.56 Å². The quantitative estimate of drug-likeness (QED) is 0.712. The van der Waals surface area contributed by atoms with Crippen molar-refractivity contribution in [2.75, 3.05) is 13.1 Å². The molecule has 4 heterocycles. The number of nitrogens with zero attached hydrogens (tertiary/aromatic N) is 3. The minimum Gasteiger partial charge on any atom is -0.337 e. The van der Waals surface area contributed by atoms with Gasteiger partial charge in [0.15, 0.2) is 0 Å². The highest BCUT2D eigenvalue weighted by Crippen LogP contribution is 2.35. The number of fused-ring (bicyclic) bond motifs is 2. The molecule has 28 heavy (non-hydrogen) atoms. The van der Waals surface area contributed by atoms with Gasteiger partial charge in [-0.15, -0.1) is 11.3 Å². The topological polar surface area (TPSA) is 55.2 Å². The lowest BCUT2D eigenvalue weighted by Crippen LogP contribution is -2.44. The molecule has 0 radical (unpaired) electrons. The third-order valence-corrected chi connectivity index (χ3v) is 6.95. The Morgan fingerprint density at radius 2 is 1.96 bits per heavy atom. The van der Waals surface area contributed by atoms with Crippen LogP contribution in [0.25, 0.3) is 10.2 Å². The number of aromatic nitrogens is 2. The molecule has 5 nitrogen and oxygen atoms in total. The van der Waals surface area contributed by atoms with Gasteiger partial charge in [0.2, 0.25) is 0 Å². The van der Waals surface area contributed by atoms with E-state index < -0.39 is 18.0 Å². The maximum Gasteiger partial charge on any atom is 0.393 e. The van der Waals surface area contributed by atoms with Crippen molar-refractivity contribution in [3.63, 3.8) is 0 Å². The number of halogens is 3. The zero-order valence-electron chi connectivity index (χ0n) is 15.6. The fourth-order valence-electron chi connectivity index (χ4n) is 4.19.